The largest absolute Gasteiger partial charge is 0.336 e. The van der Waals surface area contributed by atoms with E-state index in [1.165, 1.54) is 16.5 Å². The van der Waals surface area contributed by atoms with Crippen LogP contribution in [0.5, 0.6) is 0 Å². The first-order chi connectivity index (χ1) is 12.0. The normalized spacial score (nSPS) is 13.3. The van der Waals surface area contributed by atoms with Crippen molar-refractivity contribution < 1.29 is 14.0 Å². The van der Waals surface area contributed by atoms with Crippen LogP contribution in [-0.2, 0) is 24.3 Å². The lowest BCUT2D eigenvalue weighted by molar-refractivity contribution is -0.130. The number of nitrogens with zero attached hydrogens (tertiary/aromatic N) is 1. The molecule has 132 valence electrons. The lowest BCUT2D eigenvalue weighted by atomic mass is 10.1. The number of halogens is 2. The van der Waals surface area contributed by atoms with Crippen molar-refractivity contribution in [3.63, 3.8) is 0 Å². The van der Waals surface area contributed by atoms with Gasteiger partial charge in [0.2, 0.25) is 5.91 Å². The van der Waals surface area contributed by atoms with E-state index in [2.05, 4.69) is 26.6 Å². The van der Waals surface area contributed by atoms with E-state index in [0.29, 0.717) is 23.1 Å². The van der Waals surface area contributed by atoms with Gasteiger partial charge in [-0.15, -0.1) is 11.3 Å². The molecule has 1 aliphatic rings. The molecule has 2 aromatic rings. The van der Waals surface area contributed by atoms with Crippen LogP contribution in [0.3, 0.4) is 0 Å². The number of fused-ring (bicyclic) bond motifs is 1. The first-order valence-electron chi connectivity index (χ1n) is 7.81. The molecule has 25 heavy (non-hydrogen) atoms. The Morgan fingerprint density at radius 2 is 2.12 bits per heavy atom. The summed E-state index contributed by atoms with van der Waals surface area (Å²) in [6, 6.07) is 6.23. The number of amides is 3. The molecule has 0 spiro atoms. The Hall–Kier alpha value is -1.93. The zero-order valence-electron chi connectivity index (χ0n) is 13.4. The molecular weight excluding hydrogens is 409 g/mol. The molecule has 0 aliphatic carbocycles. The third-order valence-electron chi connectivity index (χ3n) is 4.00. The van der Waals surface area contributed by atoms with E-state index in [1.54, 1.807) is 28.4 Å². The average molecular weight is 426 g/mol. The van der Waals surface area contributed by atoms with E-state index in [4.69, 9.17) is 0 Å². The second kappa shape index (κ2) is 7.97. The summed E-state index contributed by atoms with van der Waals surface area (Å²) in [5.41, 5.74) is 1.83. The van der Waals surface area contributed by atoms with Crippen LogP contribution in [0.1, 0.15) is 16.0 Å². The van der Waals surface area contributed by atoms with Crippen LogP contribution >= 0.6 is 27.3 Å². The maximum absolute atomic E-state index is 13.4. The lowest BCUT2D eigenvalue weighted by Crippen LogP contribution is -2.44. The molecule has 1 aliphatic heterocycles. The molecule has 0 fully saturated rings. The first-order valence-corrected chi connectivity index (χ1v) is 9.49. The molecule has 3 amide bonds. The topological polar surface area (TPSA) is 61.4 Å². The van der Waals surface area contributed by atoms with E-state index in [9.17, 15) is 14.0 Å². The van der Waals surface area contributed by atoms with Crippen LogP contribution in [0.15, 0.2) is 34.1 Å². The van der Waals surface area contributed by atoms with Gasteiger partial charge in [0, 0.05) is 24.5 Å². The fourth-order valence-electron chi connectivity index (χ4n) is 2.62. The highest BCUT2D eigenvalue weighted by atomic mass is 79.9. The number of benzene rings is 1. The Bertz CT molecular complexity index is 796. The highest BCUT2D eigenvalue weighted by Gasteiger charge is 2.21. The minimum Gasteiger partial charge on any atom is -0.336 e. The van der Waals surface area contributed by atoms with Crippen LogP contribution in [0.4, 0.5) is 9.18 Å². The van der Waals surface area contributed by atoms with Crippen LogP contribution in [-0.4, -0.2) is 29.9 Å². The number of hydrogen-bond acceptors (Lipinski definition) is 3. The third kappa shape index (κ3) is 4.58. The summed E-state index contributed by atoms with van der Waals surface area (Å²) in [5, 5.41) is 7.20. The maximum Gasteiger partial charge on any atom is 0.315 e. The third-order valence-corrected chi connectivity index (χ3v) is 5.66. The number of hydrogen-bond donors (Lipinski definition) is 2. The average Bonchev–Trinajstić information content (AvgIpc) is 3.08. The van der Waals surface area contributed by atoms with Crippen LogP contribution in [0.2, 0.25) is 0 Å². The number of urea groups is 1. The Balaban J connectivity index is 1.43. The molecule has 0 unspecified atom stereocenters. The Morgan fingerprint density at radius 3 is 2.92 bits per heavy atom. The van der Waals surface area contributed by atoms with Crippen LogP contribution < -0.4 is 10.6 Å². The molecule has 0 radical (unpaired) electrons. The lowest BCUT2D eigenvalue weighted by Gasteiger charge is -2.27. The first kappa shape index (κ1) is 17.9. The summed E-state index contributed by atoms with van der Waals surface area (Å²) in [6.07, 6.45) is 0.861. The van der Waals surface area contributed by atoms with Gasteiger partial charge >= 0.3 is 6.03 Å². The van der Waals surface area contributed by atoms with Gasteiger partial charge in [0.15, 0.2) is 0 Å². The van der Waals surface area contributed by atoms with Gasteiger partial charge in [0.25, 0.3) is 0 Å². The molecular formula is C17H17BrFN3O2S. The van der Waals surface area contributed by atoms with Gasteiger partial charge in [-0.2, -0.15) is 0 Å². The minimum atomic E-state index is -0.454. The molecule has 2 N–H and O–H groups in total. The van der Waals surface area contributed by atoms with Crippen LogP contribution in [0.25, 0.3) is 0 Å². The van der Waals surface area contributed by atoms with Crippen molar-refractivity contribution in [2.45, 2.75) is 19.5 Å². The summed E-state index contributed by atoms with van der Waals surface area (Å²) in [6.45, 7) is 1.40. The van der Waals surface area contributed by atoms with Crippen molar-refractivity contribution in [3.8, 4) is 0 Å². The van der Waals surface area contributed by atoms with Gasteiger partial charge in [-0.05, 0) is 57.1 Å². The molecule has 0 saturated heterocycles. The molecule has 0 atom stereocenters. The predicted molar refractivity (Wildman–Crippen MR) is 97.8 cm³/mol. The highest BCUT2D eigenvalue weighted by Crippen LogP contribution is 2.23. The van der Waals surface area contributed by atoms with E-state index in [-0.39, 0.29) is 24.8 Å². The van der Waals surface area contributed by atoms with Gasteiger partial charge in [-0.1, -0.05) is 6.07 Å². The van der Waals surface area contributed by atoms with Gasteiger partial charge in [-0.3, -0.25) is 4.79 Å². The fraction of sp³-hybridized carbons (Fsp3) is 0.294. The van der Waals surface area contributed by atoms with Crippen molar-refractivity contribution >= 4 is 39.2 Å². The SMILES string of the molecule is O=C(NCC(=O)N1CCc2sccc2C1)NCc1ccc(Br)c(F)c1. The quantitative estimate of drug-likeness (QED) is 0.790. The Morgan fingerprint density at radius 1 is 1.28 bits per heavy atom. The molecule has 1 aromatic carbocycles. The van der Waals surface area contributed by atoms with Gasteiger partial charge in [-0.25, -0.2) is 9.18 Å². The summed E-state index contributed by atoms with van der Waals surface area (Å²) in [7, 11) is 0. The zero-order chi connectivity index (χ0) is 17.8. The maximum atomic E-state index is 13.4. The van der Waals surface area contributed by atoms with Crippen molar-refractivity contribution in [2.24, 2.45) is 0 Å². The standard InChI is InChI=1S/C17H17BrFN3O2S/c18-13-2-1-11(7-14(13)19)8-20-17(24)21-9-16(23)22-5-3-15-12(10-22)4-6-25-15/h1-2,4,6-7H,3,5,8-10H2,(H2,20,21,24). The zero-order valence-corrected chi connectivity index (χ0v) is 15.8. The van der Waals surface area contributed by atoms with E-state index in [0.717, 1.165) is 6.42 Å². The number of carbonyl (C=O) groups excluding carboxylic acids is 2. The second-order valence-corrected chi connectivity index (χ2v) is 7.57. The summed E-state index contributed by atoms with van der Waals surface area (Å²) < 4.78 is 13.8. The number of rotatable bonds is 4. The summed E-state index contributed by atoms with van der Waals surface area (Å²) >= 11 is 4.80. The highest BCUT2D eigenvalue weighted by molar-refractivity contribution is 9.10. The number of nitrogens with one attached hydrogen (secondary N) is 2. The fourth-order valence-corrected chi connectivity index (χ4v) is 3.76. The molecule has 0 saturated carbocycles. The van der Waals surface area contributed by atoms with Crippen molar-refractivity contribution in [2.75, 3.05) is 13.1 Å². The molecule has 5 nitrogen and oxygen atoms in total. The van der Waals surface area contributed by atoms with Crippen molar-refractivity contribution in [1.82, 2.24) is 15.5 Å². The molecule has 3 rings (SSSR count). The summed E-state index contributed by atoms with van der Waals surface area (Å²) in [5.74, 6) is -0.491. The number of carbonyl (C=O) groups is 2. The van der Waals surface area contributed by atoms with E-state index < -0.39 is 6.03 Å². The van der Waals surface area contributed by atoms with E-state index in [1.807, 2.05) is 11.4 Å². The Kier molecular flexibility index (Phi) is 5.70. The minimum absolute atomic E-state index is 0.0556. The molecule has 8 heteroatoms. The van der Waals surface area contributed by atoms with Gasteiger partial charge in [0.05, 0.1) is 11.0 Å². The monoisotopic (exact) mass is 425 g/mol. The van der Waals surface area contributed by atoms with Gasteiger partial charge in [0.1, 0.15) is 5.82 Å². The second-order valence-electron chi connectivity index (χ2n) is 5.72. The smallest absolute Gasteiger partial charge is 0.315 e. The van der Waals surface area contributed by atoms with E-state index >= 15 is 0 Å². The van der Waals surface area contributed by atoms with Crippen molar-refractivity contribution in [1.29, 1.82) is 0 Å². The molecule has 1 aromatic heterocycles. The summed E-state index contributed by atoms with van der Waals surface area (Å²) in [4.78, 5) is 27.1. The molecule has 0 bridgehead atoms. The molecule has 2 heterocycles. The Labute approximate surface area is 157 Å². The predicted octanol–water partition coefficient (Wildman–Crippen LogP) is 3.03. The van der Waals surface area contributed by atoms with Gasteiger partial charge < -0.3 is 15.5 Å². The van der Waals surface area contributed by atoms with Crippen molar-refractivity contribution in [3.05, 3.63) is 55.9 Å². The number of thiophene rings is 1. The van der Waals surface area contributed by atoms with Crippen LogP contribution in [0, 0.1) is 5.82 Å².